The molecule has 112 valence electrons. The second-order valence-corrected chi connectivity index (χ2v) is 5.82. The maximum Gasteiger partial charge on any atom is 0.226 e. The van der Waals surface area contributed by atoms with Crippen LogP contribution in [0.1, 0.15) is 43.0 Å². The highest BCUT2D eigenvalue weighted by atomic mass is 19.1. The van der Waals surface area contributed by atoms with Crippen LogP contribution in [0.4, 0.5) is 4.39 Å². The smallest absolute Gasteiger partial charge is 0.226 e. The lowest BCUT2D eigenvalue weighted by molar-refractivity contribution is 0.273. The maximum absolute atomic E-state index is 13.1. The fourth-order valence-corrected chi connectivity index (χ4v) is 2.99. The zero-order chi connectivity index (χ0) is 14.7. The number of rotatable bonds is 4. The molecule has 0 aliphatic heterocycles. The third kappa shape index (κ3) is 3.67. The largest absolute Gasteiger partial charge is 0.339 e. The summed E-state index contributed by atoms with van der Waals surface area (Å²) in [7, 11) is 0. The monoisotopic (exact) mass is 289 g/mol. The first-order valence-electron chi connectivity index (χ1n) is 7.52. The Morgan fingerprint density at radius 3 is 2.95 bits per heavy atom. The molecule has 1 heterocycles. The first-order chi connectivity index (χ1) is 10.2. The van der Waals surface area contributed by atoms with Crippen LogP contribution in [0.15, 0.2) is 28.8 Å². The molecule has 0 spiro atoms. The van der Waals surface area contributed by atoms with Gasteiger partial charge in [-0.2, -0.15) is 4.98 Å². The molecule has 0 saturated heterocycles. The molecule has 4 nitrogen and oxygen atoms in total. The summed E-state index contributed by atoms with van der Waals surface area (Å²) in [5.74, 6) is 1.43. The number of halogens is 1. The molecule has 1 aromatic carbocycles. The fourth-order valence-electron chi connectivity index (χ4n) is 2.99. The minimum atomic E-state index is -0.246. The van der Waals surface area contributed by atoms with Crippen molar-refractivity contribution in [1.82, 2.24) is 10.1 Å². The summed E-state index contributed by atoms with van der Waals surface area (Å²) < 4.78 is 18.5. The van der Waals surface area contributed by atoms with Crippen molar-refractivity contribution in [3.63, 3.8) is 0 Å². The van der Waals surface area contributed by atoms with Gasteiger partial charge >= 0.3 is 0 Å². The Hall–Kier alpha value is -1.75. The van der Waals surface area contributed by atoms with Crippen molar-refractivity contribution in [2.75, 3.05) is 0 Å². The number of aromatic nitrogens is 2. The molecular formula is C16H20FN3O. The average molecular weight is 289 g/mol. The highest BCUT2D eigenvalue weighted by molar-refractivity contribution is 5.19. The zero-order valence-corrected chi connectivity index (χ0v) is 12.0. The quantitative estimate of drug-likeness (QED) is 0.940. The number of nitrogens with two attached hydrogens (primary N) is 1. The van der Waals surface area contributed by atoms with Gasteiger partial charge in [0, 0.05) is 18.9 Å². The molecule has 1 aliphatic rings. The van der Waals surface area contributed by atoms with Crippen LogP contribution in [-0.2, 0) is 12.8 Å². The van der Waals surface area contributed by atoms with Crippen molar-refractivity contribution in [2.45, 2.75) is 44.6 Å². The summed E-state index contributed by atoms with van der Waals surface area (Å²) in [5, 5.41) is 3.98. The molecule has 3 rings (SSSR count). The van der Waals surface area contributed by atoms with E-state index in [0.717, 1.165) is 24.8 Å². The summed E-state index contributed by atoms with van der Waals surface area (Å²) in [4.78, 5) is 4.41. The summed E-state index contributed by atoms with van der Waals surface area (Å²) in [6, 6.07) is 6.70. The first-order valence-corrected chi connectivity index (χ1v) is 7.52. The van der Waals surface area contributed by atoms with Gasteiger partial charge in [-0.3, -0.25) is 0 Å². The normalized spacial score (nSPS) is 22.4. The van der Waals surface area contributed by atoms with Gasteiger partial charge in [-0.15, -0.1) is 0 Å². The van der Waals surface area contributed by atoms with E-state index in [-0.39, 0.29) is 11.9 Å². The molecule has 2 atom stereocenters. The summed E-state index contributed by atoms with van der Waals surface area (Å²) in [6.45, 7) is 0. The molecular weight excluding hydrogens is 269 g/mol. The standard InChI is InChI=1S/C16H20FN3O/c17-13-6-3-4-11(8-13)9-15-19-16(21-20-15)10-12-5-1-2-7-14(12)18/h3-4,6,8,12,14H,1-2,5,7,9-10,18H2. The lowest BCUT2D eigenvalue weighted by atomic mass is 9.83. The van der Waals surface area contributed by atoms with Gasteiger partial charge in [-0.05, 0) is 36.5 Å². The molecule has 2 unspecified atom stereocenters. The van der Waals surface area contributed by atoms with Gasteiger partial charge in [0.25, 0.3) is 0 Å². The van der Waals surface area contributed by atoms with Gasteiger partial charge in [0.15, 0.2) is 5.82 Å². The predicted octanol–water partition coefficient (Wildman–Crippen LogP) is 2.86. The van der Waals surface area contributed by atoms with E-state index in [1.54, 1.807) is 6.07 Å². The minimum absolute atomic E-state index is 0.234. The molecule has 1 aliphatic carbocycles. The van der Waals surface area contributed by atoms with Gasteiger partial charge in [0.05, 0.1) is 0 Å². The maximum atomic E-state index is 13.1. The Morgan fingerprint density at radius 1 is 1.29 bits per heavy atom. The summed E-state index contributed by atoms with van der Waals surface area (Å²) in [6.07, 6.45) is 5.88. The van der Waals surface area contributed by atoms with Gasteiger partial charge in [0.2, 0.25) is 5.89 Å². The van der Waals surface area contributed by atoms with Crippen LogP contribution in [-0.4, -0.2) is 16.2 Å². The molecule has 1 saturated carbocycles. The molecule has 1 aromatic heterocycles. The number of benzene rings is 1. The van der Waals surface area contributed by atoms with Crippen LogP contribution in [0, 0.1) is 11.7 Å². The topological polar surface area (TPSA) is 64.9 Å². The second kappa shape index (κ2) is 6.35. The Bertz CT molecular complexity index is 599. The van der Waals surface area contributed by atoms with E-state index in [4.69, 9.17) is 10.3 Å². The zero-order valence-electron chi connectivity index (χ0n) is 12.0. The summed E-state index contributed by atoms with van der Waals surface area (Å²) in [5.41, 5.74) is 6.99. The first kappa shape index (κ1) is 14.2. The van der Waals surface area contributed by atoms with E-state index in [2.05, 4.69) is 10.1 Å². The van der Waals surface area contributed by atoms with E-state index >= 15 is 0 Å². The van der Waals surface area contributed by atoms with Crippen LogP contribution in [0.3, 0.4) is 0 Å². The van der Waals surface area contributed by atoms with Crippen molar-refractivity contribution in [1.29, 1.82) is 0 Å². The number of hydrogen-bond acceptors (Lipinski definition) is 4. The van der Waals surface area contributed by atoms with E-state index in [9.17, 15) is 4.39 Å². The number of nitrogens with zero attached hydrogens (tertiary/aromatic N) is 2. The Labute approximate surface area is 123 Å². The fraction of sp³-hybridized carbons (Fsp3) is 0.500. The number of hydrogen-bond donors (Lipinski definition) is 1. The lowest BCUT2D eigenvalue weighted by Gasteiger charge is -2.27. The van der Waals surface area contributed by atoms with Crippen molar-refractivity contribution in [3.05, 3.63) is 47.4 Å². The minimum Gasteiger partial charge on any atom is -0.339 e. The van der Waals surface area contributed by atoms with E-state index < -0.39 is 0 Å². The molecule has 2 N–H and O–H groups in total. The van der Waals surface area contributed by atoms with Crippen molar-refractivity contribution >= 4 is 0 Å². The summed E-state index contributed by atoms with van der Waals surface area (Å²) >= 11 is 0. The SMILES string of the molecule is NC1CCCCC1Cc1nc(Cc2cccc(F)c2)no1. The predicted molar refractivity (Wildman–Crippen MR) is 77.1 cm³/mol. The van der Waals surface area contributed by atoms with E-state index in [0.29, 0.717) is 24.1 Å². The third-order valence-corrected chi connectivity index (χ3v) is 4.17. The molecule has 0 bridgehead atoms. The van der Waals surface area contributed by atoms with Gasteiger partial charge in [-0.1, -0.05) is 30.1 Å². The molecule has 1 fully saturated rings. The van der Waals surface area contributed by atoms with Gasteiger partial charge < -0.3 is 10.3 Å². The molecule has 2 aromatic rings. The van der Waals surface area contributed by atoms with Gasteiger partial charge in [0.1, 0.15) is 5.82 Å². The highest BCUT2D eigenvalue weighted by Crippen LogP contribution is 2.25. The molecule has 0 radical (unpaired) electrons. The van der Waals surface area contributed by atoms with Crippen molar-refractivity contribution < 1.29 is 8.91 Å². The van der Waals surface area contributed by atoms with Crippen LogP contribution in [0.5, 0.6) is 0 Å². The van der Waals surface area contributed by atoms with E-state index in [1.165, 1.54) is 25.0 Å². The van der Waals surface area contributed by atoms with Crippen molar-refractivity contribution in [2.24, 2.45) is 11.7 Å². The van der Waals surface area contributed by atoms with Gasteiger partial charge in [-0.25, -0.2) is 4.39 Å². The molecule has 5 heteroatoms. The molecule has 0 amide bonds. The molecule has 21 heavy (non-hydrogen) atoms. The lowest BCUT2D eigenvalue weighted by Crippen LogP contribution is -2.34. The van der Waals surface area contributed by atoms with Crippen LogP contribution in [0.25, 0.3) is 0 Å². The Morgan fingerprint density at radius 2 is 2.14 bits per heavy atom. The van der Waals surface area contributed by atoms with Crippen molar-refractivity contribution in [3.8, 4) is 0 Å². The second-order valence-electron chi connectivity index (χ2n) is 5.82. The van der Waals surface area contributed by atoms with E-state index in [1.807, 2.05) is 6.07 Å². The Balaban J connectivity index is 1.63. The highest BCUT2D eigenvalue weighted by Gasteiger charge is 2.24. The third-order valence-electron chi connectivity index (χ3n) is 4.17. The Kier molecular flexibility index (Phi) is 4.29. The van der Waals surface area contributed by atoms with Crippen LogP contribution in [0.2, 0.25) is 0 Å². The van der Waals surface area contributed by atoms with Crippen LogP contribution >= 0.6 is 0 Å². The average Bonchev–Trinajstić information content (AvgIpc) is 2.89. The van der Waals surface area contributed by atoms with Crippen LogP contribution < -0.4 is 5.73 Å².